The van der Waals surface area contributed by atoms with E-state index in [1.165, 1.54) is 36.0 Å². The summed E-state index contributed by atoms with van der Waals surface area (Å²) in [7, 11) is 1.94. The fourth-order valence-electron chi connectivity index (χ4n) is 6.61. The SMILES string of the molecule is CN1CC[C@@]2(C)C(=CC1=O)CC[C@H]1C3=CC=C(c4cccnc4)[C@@]3(C)CC[C@@H]12. The van der Waals surface area contributed by atoms with E-state index in [9.17, 15) is 4.79 Å². The van der Waals surface area contributed by atoms with Crippen molar-refractivity contribution in [2.45, 2.75) is 46.0 Å². The van der Waals surface area contributed by atoms with E-state index >= 15 is 0 Å². The highest BCUT2D eigenvalue weighted by atomic mass is 16.2. The zero-order valence-electron chi connectivity index (χ0n) is 17.2. The molecule has 1 aromatic heterocycles. The van der Waals surface area contributed by atoms with Crippen LogP contribution < -0.4 is 0 Å². The van der Waals surface area contributed by atoms with Crippen molar-refractivity contribution in [2.24, 2.45) is 22.7 Å². The largest absolute Gasteiger partial charge is 0.342 e. The fourth-order valence-corrected chi connectivity index (χ4v) is 6.61. The fraction of sp³-hybridized carbons (Fsp3) is 0.520. The van der Waals surface area contributed by atoms with Gasteiger partial charge in [0.05, 0.1) is 0 Å². The predicted octanol–water partition coefficient (Wildman–Crippen LogP) is 5.03. The lowest BCUT2D eigenvalue weighted by Gasteiger charge is -2.55. The van der Waals surface area contributed by atoms with Crippen molar-refractivity contribution in [1.82, 2.24) is 9.88 Å². The average Bonchev–Trinajstić information content (AvgIpc) is 3.00. The summed E-state index contributed by atoms with van der Waals surface area (Å²) >= 11 is 0. The van der Waals surface area contributed by atoms with E-state index in [2.05, 4.69) is 37.0 Å². The standard InChI is InChI=1S/C25H30N2O/c1-24-12-14-27(3)23(28)15-18(24)6-7-19-21-9-8-20(17-5-4-13-26-16-17)25(21,2)11-10-22(19)24/h4-5,8-9,13,15-16,19,22H,6-7,10-12,14H2,1-3H3/t19-,22-,24-,25+/m0/s1. The minimum atomic E-state index is 0.138. The minimum absolute atomic E-state index is 0.138. The van der Waals surface area contributed by atoms with Crippen LogP contribution in [0.3, 0.4) is 0 Å². The first-order valence-electron chi connectivity index (χ1n) is 10.7. The first-order valence-corrected chi connectivity index (χ1v) is 10.7. The van der Waals surface area contributed by atoms with Crippen LogP contribution in [0.4, 0.5) is 0 Å². The van der Waals surface area contributed by atoms with E-state index < -0.39 is 0 Å². The molecule has 5 rings (SSSR count). The van der Waals surface area contributed by atoms with Crippen molar-refractivity contribution < 1.29 is 4.79 Å². The summed E-state index contributed by atoms with van der Waals surface area (Å²) < 4.78 is 0. The Hall–Kier alpha value is -2.16. The van der Waals surface area contributed by atoms with Crippen LogP contribution in [0.25, 0.3) is 5.57 Å². The number of aromatic nitrogens is 1. The van der Waals surface area contributed by atoms with E-state index in [4.69, 9.17) is 0 Å². The zero-order chi connectivity index (χ0) is 19.5. The molecule has 1 aromatic rings. The van der Waals surface area contributed by atoms with Gasteiger partial charge in [0.1, 0.15) is 0 Å². The van der Waals surface area contributed by atoms with Crippen LogP contribution in [-0.2, 0) is 4.79 Å². The molecular formula is C25H30N2O. The summed E-state index contributed by atoms with van der Waals surface area (Å²) in [4.78, 5) is 18.7. The second-order valence-electron chi connectivity index (χ2n) is 9.66. The van der Waals surface area contributed by atoms with Crippen LogP contribution >= 0.6 is 0 Å². The smallest absolute Gasteiger partial charge is 0.246 e. The number of hydrogen-bond donors (Lipinski definition) is 0. The number of allylic oxidation sites excluding steroid dienone is 5. The molecule has 1 aliphatic heterocycles. The van der Waals surface area contributed by atoms with Crippen LogP contribution in [0.15, 0.2) is 53.9 Å². The van der Waals surface area contributed by atoms with Gasteiger partial charge in [-0.15, -0.1) is 0 Å². The molecule has 0 spiro atoms. The molecule has 0 N–H and O–H groups in total. The number of hydrogen-bond acceptors (Lipinski definition) is 2. The Labute approximate surface area is 168 Å². The van der Waals surface area contributed by atoms with E-state index in [-0.39, 0.29) is 16.7 Å². The van der Waals surface area contributed by atoms with Crippen molar-refractivity contribution in [3.05, 3.63) is 59.5 Å². The van der Waals surface area contributed by atoms with E-state index in [1.54, 1.807) is 5.57 Å². The Morgan fingerprint density at radius 3 is 2.82 bits per heavy atom. The number of nitrogens with zero attached hydrogens (tertiary/aromatic N) is 2. The quantitative estimate of drug-likeness (QED) is 0.691. The maximum Gasteiger partial charge on any atom is 0.246 e. The average molecular weight is 375 g/mol. The van der Waals surface area contributed by atoms with Crippen LogP contribution in [0.1, 0.15) is 51.5 Å². The second-order valence-corrected chi connectivity index (χ2v) is 9.66. The highest BCUT2D eigenvalue weighted by Gasteiger charge is 2.54. The Bertz CT molecular complexity index is 912. The molecule has 3 aliphatic carbocycles. The van der Waals surface area contributed by atoms with Crippen LogP contribution in [0, 0.1) is 22.7 Å². The molecule has 3 nitrogen and oxygen atoms in total. The molecule has 0 aromatic carbocycles. The van der Waals surface area contributed by atoms with Crippen molar-refractivity contribution in [2.75, 3.05) is 13.6 Å². The summed E-state index contributed by atoms with van der Waals surface area (Å²) in [6.07, 6.45) is 16.4. The number of pyridine rings is 1. The Kier molecular flexibility index (Phi) is 3.94. The number of carbonyl (C=O) groups is 1. The van der Waals surface area contributed by atoms with Gasteiger partial charge >= 0.3 is 0 Å². The van der Waals surface area contributed by atoms with Crippen molar-refractivity contribution in [1.29, 1.82) is 0 Å². The molecule has 2 saturated carbocycles. The Morgan fingerprint density at radius 1 is 1.18 bits per heavy atom. The van der Waals surface area contributed by atoms with Crippen LogP contribution in [0.2, 0.25) is 0 Å². The molecule has 4 aliphatic rings. The normalized spacial score (nSPS) is 37.2. The predicted molar refractivity (Wildman–Crippen MR) is 112 cm³/mol. The highest BCUT2D eigenvalue weighted by Crippen LogP contribution is 2.64. The van der Waals surface area contributed by atoms with Crippen LogP contribution in [-0.4, -0.2) is 29.4 Å². The van der Waals surface area contributed by atoms with Gasteiger partial charge in [0.15, 0.2) is 0 Å². The maximum atomic E-state index is 12.4. The summed E-state index contributed by atoms with van der Waals surface area (Å²) in [5.41, 5.74) is 6.04. The molecular weight excluding hydrogens is 344 g/mol. The molecule has 4 atom stereocenters. The van der Waals surface area contributed by atoms with Crippen LogP contribution in [0.5, 0.6) is 0 Å². The Balaban J connectivity index is 1.49. The number of carbonyl (C=O) groups excluding carboxylic acids is 1. The van der Waals surface area contributed by atoms with Gasteiger partial charge in [-0.2, -0.15) is 0 Å². The topological polar surface area (TPSA) is 33.2 Å². The molecule has 1 amide bonds. The summed E-state index contributed by atoms with van der Waals surface area (Å²) in [5, 5.41) is 0. The van der Waals surface area contributed by atoms with Gasteiger partial charge in [-0.1, -0.05) is 43.2 Å². The van der Waals surface area contributed by atoms with E-state index in [0.717, 1.165) is 19.4 Å². The number of rotatable bonds is 1. The number of amides is 1. The third kappa shape index (κ3) is 2.41. The zero-order valence-corrected chi connectivity index (χ0v) is 17.2. The highest BCUT2D eigenvalue weighted by molar-refractivity contribution is 5.88. The van der Waals surface area contributed by atoms with Crippen molar-refractivity contribution in [3.63, 3.8) is 0 Å². The summed E-state index contributed by atoms with van der Waals surface area (Å²) in [6, 6.07) is 4.24. The summed E-state index contributed by atoms with van der Waals surface area (Å²) in [5.74, 6) is 1.47. The molecule has 3 heteroatoms. The molecule has 2 fully saturated rings. The van der Waals surface area contributed by atoms with Gasteiger partial charge in [0, 0.05) is 37.5 Å². The lowest BCUT2D eigenvalue weighted by molar-refractivity contribution is -0.124. The Morgan fingerprint density at radius 2 is 2.04 bits per heavy atom. The molecule has 0 saturated heterocycles. The third-order valence-corrected chi connectivity index (χ3v) is 8.39. The first-order chi connectivity index (χ1) is 13.4. The van der Waals surface area contributed by atoms with E-state index in [0.29, 0.717) is 11.8 Å². The van der Waals surface area contributed by atoms with Gasteiger partial charge in [0.2, 0.25) is 5.91 Å². The third-order valence-electron chi connectivity index (χ3n) is 8.39. The van der Waals surface area contributed by atoms with Gasteiger partial charge in [-0.3, -0.25) is 9.78 Å². The molecule has 146 valence electrons. The molecule has 0 unspecified atom stereocenters. The van der Waals surface area contributed by atoms with E-state index in [1.807, 2.05) is 36.5 Å². The number of likely N-dealkylation sites (N-methyl/N-ethyl adjacent to an activating group) is 1. The van der Waals surface area contributed by atoms with Crippen molar-refractivity contribution in [3.8, 4) is 0 Å². The van der Waals surface area contributed by atoms with Gasteiger partial charge in [-0.25, -0.2) is 0 Å². The maximum absolute atomic E-state index is 12.4. The number of fused-ring (bicyclic) bond motifs is 5. The lowest BCUT2D eigenvalue weighted by Crippen LogP contribution is -2.46. The molecule has 0 radical (unpaired) electrons. The first kappa shape index (κ1) is 17.9. The molecule has 0 bridgehead atoms. The lowest BCUT2D eigenvalue weighted by atomic mass is 9.49. The van der Waals surface area contributed by atoms with Gasteiger partial charge < -0.3 is 4.90 Å². The molecule has 2 heterocycles. The van der Waals surface area contributed by atoms with Gasteiger partial charge in [0.25, 0.3) is 0 Å². The van der Waals surface area contributed by atoms with Crippen molar-refractivity contribution >= 4 is 11.5 Å². The molecule has 28 heavy (non-hydrogen) atoms. The monoisotopic (exact) mass is 374 g/mol. The second kappa shape index (κ2) is 6.17. The summed E-state index contributed by atoms with van der Waals surface area (Å²) in [6.45, 7) is 5.75. The minimum Gasteiger partial charge on any atom is -0.342 e. The van der Waals surface area contributed by atoms with Gasteiger partial charge in [-0.05, 0) is 66.6 Å².